The van der Waals surface area contributed by atoms with Crippen LogP contribution in [-0.2, 0) is 9.53 Å². The van der Waals surface area contributed by atoms with Gasteiger partial charge < -0.3 is 20.1 Å². The molecule has 4 aliphatic rings. The van der Waals surface area contributed by atoms with Crippen molar-refractivity contribution in [2.45, 2.75) is 96.9 Å². The monoisotopic (exact) mass is 422 g/mol. The molecule has 0 bridgehead atoms. The van der Waals surface area contributed by atoms with E-state index in [9.17, 15) is 15.0 Å². The fourth-order valence-electron chi connectivity index (χ4n) is 8.88. The second-order valence-corrected chi connectivity index (χ2v) is 11.6. The Morgan fingerprint density at radius 2 is 1.83 bits per heavy atom. The predicted octanol–water partition coefficient (Wildman–Crippen LogP) is 4.10. The lowest BCUT2D eigenvalue weighted by Gasteiger charge is -2.63. The summed E-state index contributed by atoms with van der Waals surface area (Å²) in [7, 11) is 1.80. The maximum atomic E-state index is 11.5. The van der Waals surface area contributed by atoms with Crippen LogP contribution in [0, 0.1) is 46.3 Å². The third kappa shape index (κ3) is 3.34. The Bertz CT molecular complexity index is 651. The molecular weight excluding hydrogens is 380 g/mol. The maximum absolute atomic E-state index is 11.5. The van der Waals surface area contributed by atoms with Crippen molar-refractivity contribution in [2.24, 2.45) is 46.3 Å². The largest absolute Gasteiger partial charge is 0.481 e. The Morgan fingerprint density at radius 1 is 1.10 bits per heavy atom. The number of aliphatic hydroxyl groups excluding tert-OH is 2. The van der Waals surface area contributed by atoms with E-state index in [1.54, 1.807) is 7.11 Å². The summed E-state index contributed by atoms with van der Waals surface area (Å²) in [6.45, 7) is 6.83. The number of hydrogen-bond donors (Lipinski definition) is 3. The molecular formula is C25H42O5. The lowest BCUT2D eigenvalue weighted by atomic mass is 9.43. The summed E-state index contributed by atoms with van der Waals surface area (Å²) >= 11 is 0. The highest BCUT2D eigenvalue weighted by atomic mass is 16.5. The molecule has 0 heterocycles. The first kappa shape index (κ1) is 22.5. The highest BCUT2D eigenvalue weighted by Gasteiger charge is 2.65. The Balaban J connectivity index is 1.59. The maximum Gasteiger partial charge on any atom is 0.303 e. The molecule has 0 aliphatic heterocycles. The number of carboxylic acids is 1. The van der Waals surface area contributed by atoms with Crippen molar-refractivity contribution >= 4 is 5.97 Å². The molecule has 4 aliphatic carbocycles. The van der Waals surface area contributed by atoms with Gasteiger partial charge in [-0.2, -0.15) is 0 Å². The van der Waals surface area contributed by atoms with Gasteiger partial charge in [0, 0.05) is 13.5 Å². The zero-order chi connectivity index (χ0) is 21.8. The predicted molar refractivity (Wildman–Crippen MR) is 115 cm³/mol. The number of aliphatic carboxylic acids is 1. The molecule has 5 nitrogen and oxygen atoms in total. The molecule has 4 fully saturated rings. The number of carboxylic acid groups (broad SMARTS) is 1. The molecule has 11 atom stereocenters. The number of rotatable bonds is 5. The summed E-state index contributed by atoms with van der Waals surface area (Å²) in [5, 5.41) is 32.0. The number of carbonyl (C=O) groups is 1. The fourth-order valence-corrected chi connectivity index (χ4v) is 8.88. The van der Waals surface area contributed by atoms with Crippen LogP contribution >= 0.6 is 0 Å². The van der Waals surface area contributed by atoms with Gasteiger partial charge in [-0.15, -0.1) is 0 Å². The van der Waals surface area contributed by atoms with Crippen molar-refractivity contribution in [3.05, 3.63) is 0 Å². The van der Waals surface area contributed by atoms with Crippen LogP contribution in [0.2, 0.25) is 0 Å². The highest BCUT2D eigenvalue weighted by Crippen LogP contribution is 2.68. The average Bonchev–Trinajstić information content (AvgIpc) is 3.05. The first-order chi connectivity index (χ1) is 14.1. The molecule has 0 aromatic rings. The Morgan fingerprint density at radius 3 is 2.50 bits per heavy atom. The van der Waals surface area contributed by atoms with E-state index >= 15 is 0 Å². The molecule has 0 unspecified atom stereocenters. The van der Waals surface area contributed by atoms with Gasteiger partial charge in [0.1, 0.15) is 0 Å². The minimum absolute atomic E-state index is 0.175. The molecule has 0 amide bonds. The van der Waals surface area contributed by atoms with Gasteiger partial charge in [-0.3, -0.25) is 4.79 Å². The van der Waals surface area contributed by atoms with Crippen molar-refractivity contribution in [2.75, 3.05) is 7.11 Å². The second kappa shape index (κ2) is 8.04. The van der Waals surface area contributed by atoms with Gasteiger partial charge >= 0.3 is 5.97 Å². The quantitative estimate of drug-likeness (QED) is 0.621. The smallest absolute Gasteiger partial charge is 0.303 e. The summed E-state index contributed by atoms with van der Waals surface area (Å²) in [6, 6.07) is 0. The molecule has 4 rings (SSSR count). The molecule has 0 saturated heterocycles. The van der Waals surface area contributed by atoms with E-state index in [2.05, 4.69) is 20.8 Å². The van der Waals surface area contributed by atoms with Crippen LogP contribution in [0.5, 0.6) is 0 Å². The van der Waals surface area contributed by atoms with Crippen molar-refractivity contribution < 1.29 is 24.9 Å². The molecule has 0 radical (unpaired) electrons. The summed E-state index contributed by atoms with van der Waals surface area (Å²) in [6.07, 6.45) is 7.47. The third-order valence-electron chi connectivity index (χ3n) is 10.6. The van der Waals surface area contributed by atoms with Gasteiger partial charge in [0.15, 0.2) is 0 Å². The molecule has 0 aromatic heterocycles. The van der Waals surface area contributed by atoms with Crippen molar-refractivity contribution in [3.63, 3.8) is 0 Å². The van der Waals surface area contributed by atoms with Gasteiger partial charge in [-0.05, 0) is 97.7 Å². The number of fused-ring (bicyclic) bond motifs is 5. The van der Waals surface area contributed by atoms with E-state index in [-0.39, 0.29) is 41.3 Å². The van der Waals surface area contributed by atoms with Gasteiger partial charge in [0.2, 0.25) is 0 Å². The van der Waals surface area contributed by atoms with E-state index in [0.717, 1.165) is 44.9 Å². The number of methoxy groups -OCH3 is 1. The lowest BCUT2D eigenvalue weighted by Crippen LogP contribution is -2.62. The van der Waals surface area contributed by atoms with Crippen LogP contribution in [0.25, 0.3) is 0 Å². The summed E-state index contributed by atoms with van der Waals surface area (Å²) < 4.78 is 5.67. The van der Waals surface area contributed by atoms with Crippen LogP contribution in [0.4, 0.5) is 0 Å². The third-order valence-corrected chi connectivity index (χ3v) is 10.6. The minimum Gasteiger partial charge on any atom is -0.481 e. The van der Waals surface area contributed by atoms with Crippen molar-refractivity contribution in [3.8, 4) is 0 Å². The average molecular weight is 423 g/mol. The van der Waals surface area contributed by atoms with Gasteiger partial charge in [0.25, 0.3) is 0 Å². The Labute approximate surface area is 181 Å². The molecule has 30 heavy (non-hydrogen) atoms. The summed E-state index contributed by atoms with van der Waals surface area (Å²) in [5.41, 5.74) is -0.0404. The minimum atomic E-state index is -0.737. The topological polar surface area (TPSA) is 87.0 Å². The number of hydrogen-bond acceptors (Lipinski definition) is 4. The van der Waals surface area contributed by atoms with Gasteiger partial charge in [-0.25, -0.2) is 0 Å². The van der Waals surface area contributed by atoms with Crippen molar-refractivity contribution in [1.82, 2.24) is 0 Å². The van der Waals surface area contributed by atoms with E-state index in [4.69, 9.17) is 9.84 Å². The van der Waals surface area contributed by atoms with E-state index in [0.29, 0.717) is 36.2 Å². The summed E-state index contributed by atoms with van der Waals surface area (Å²) in [5.74, 6) is 1.30. The Hall–Kier alpha value is -0.650. The molecule has 172 valence electrons. The zero-order valence-corrected chi connectivity index (χ0v) is 19.2. The van der Waals surface area contributed by atoms with Crippen molar-refractivity contribution in [1.29, 1.82) is 0 Å². The van der Waals surface area contributed by atoms with E-state index < -0.39 is 5.97 Å². The van der Waals surface area contributed by atoms with Crippen LogP contribution in [0.15, 0.2) is 0 Å². The first-order valence-corrected chi connectivity index (χ1v) is 12.2. The van der Waals surface area contributed by atoms with Crippen LogP contribution in [-0.4, -0.2) is 46.7 Å². The van der Waals surface area contributed by atoms with Gasteiger partial charge in [0.05, 0.1) is 18.3 Å². The molecule has 4 saturated carbocycles. The van der Waals surface area contributed by atoms with Crippen LogP contribution in [0.3, 0.4) is 0 Å². The fraction of sp³-hybridized carbons (Fsp3) is 0.960. The molecule has 3 N–H and O–H groups in total. The number of ether oxygens (including phenoxy) is 1. The SMILES string of the molecule is CO[C@@H]1CC[C@@]2(C)[C@@H](C1)C[C@@H](O)[C@@H]1[C@@H]2C[C@H](O)[C@]2(C)[C@@H]([C@H](C)CCC(=O)O)CC[C@@H]12. The van der Waals surface area contributed by atoms with Crippen LogP contribution < -0.4 is 0 Å². The second-order valence-electron chi connectivity index (χ2n) is 11.6. The standard InChI is InChI=1S/C25H42O5/c1-14(5-8-22(28)29)17-6-7-18-23-19(13-21(27)25(17,18)3)24(2)10-9-16(30-4)11-15(24)12-20(23)26/h14-21,23,26-27H,5-13H2,1-4H3,(H,28,29)/t14-,15+,16-,17-,18+,19+,20-,21+,23+,24+,25-/m1/s1. The van der Waals surface area contributed by atoms with Crippen LogP contribution in [0.1, 0.15) is 78.6 Å². The number of aliphatic hydroxyl groups is 2. The van der Waals surface area contributed by atoms with E-state index in [1.807, 2.05) is 0 Å². The van der Waals surface area contributed by atoms with E-state index in [1.165, 1.54) is 0 Å². The molecule has 0 aromatic carbocycles. The molecule has 5 heteroatoms. The lowest BCUT2D eigenvalue weighted by molar-refractivity contribution is -0.208. The summed E-state index contributed by atoms with van der Waals surface area (Å²) in [4.78, 5) is 11.1. The molecule has 0 spiro atoms. The normalized spacial score (nSPS) is 51.5. The first-order valence-electron chi connectivity index (χ1n) is 12.2. The zero-order valence-electron chi connectivity index (χ0n) is 19.2. The highest BCUT2D eigenvalue weighted by molar-refractivity contribution is 5.66. The van der Waals surface area contributed by atoms with Gasteiger partial charge in [-0.1, -0.05) is 20.8 Å². The Kier molecular flexibility index (Phi) is 6.04.